The van der Waals surface area contributed by atoms with Gasteiger partial charge in [0.2, 0.25) is 0 Å². The Labute approximate surface area is 109 Å². The first kappa shape index (κ1) is 13.1. The van der Waals surface area contributed by atoms with Gasteiger partial charge in [-0.2, -0.15) is 0 Å². The molecule has 0 saturated carbocycles. The van der Waals surface area contributed by atoms with Gasteiger partial charge in [-0.15, -0.1) is 0 Å². The summed E-state index contributed by atoms with van der Waals surface area (Å²) in [6.07, 6.45) is 5.25. The Morgan fingerprint density at radius 1 is 1.50 bits per heavy atom. The molecule has 1 aliphatic rings. The number of nitrogens with zero attached hydrogens (tertiary/aromatic N) is 2. The van der Waals surface area contributed by atoms with Gasteiger partial charge < -0.3 is 14.8 Å². The minimum absolute atomic E-state index is 0.139. The van der Waals surface area contributed by atoms with E-state index in [-0.39, 0.29) is 5.91 Å². The Morgan fingerprint density at radius 3 is 2.89 bits per heavy atom. The van der Waals surface area contributed by atoms with E-state index in [9.17, 15) is 4.79 Å². The lowest BCUT2D eigenvalue weighted by Crippen LogP contribution is -2.33. The van der Waals surface area contributed by atoms with Crippen LogP contribution in [-0.4, -0.2) is 42.1 Å². The van der Waals surface area contributed by atoms with Crippen LogP contribution in [0.2, 0.25) is 0 Å². The standard InChI is InChI=1S/C14H23N3O/c1-3-10-16(2)14(18)13-5-4-11-17(13)12-6-8-15-9-7-12/h4-5,11-12,15H,3,6-10H2,1-2H3. The van der Waals surface area contributed by atoms with Crippen molar-refractivity contribution in [1.29, 1.82) is 0 Å². The lowest BCUT2D eigenvalue weighted by atomic mass is 10.1. The summed E-state index contributed by atoms with van der Waals surface area (Å²) < 4.78 is 2.16. The number of rotatable bonds is 4. The molecule has 1 N–H and O–H groups in total. The van der Waals surface area contributed by atoms with Gasteiger partial charge in [0, 0.05) is 25.8 Å². The summed E-state index contributed by atoms with van der Waals surface area (Å²) in [7, 11) is 1.88. The SMILES string of the molecule is CCCN(C)C(=O)c1cccn1C1CCNCC1. The zero-order valence-corrected chi connectivity index (χ0v) is 11.4. The summed E-state index contributed by atoms with van der Waals surface area (Å²) in [5, 5.41) is 3.36. The third kappa shape index (κ3) is 2.75. The van der Waals surface area contributed by atoms with Crippen LogP contribution in [-0.2, 0) is 0 Å². The Kier molecular flexibility index (Phi) is 4.42. The molecule has 100 valence electrons. The van der Waals surface area contributed by atoms with Gasteiger partial charge in [0.1, 0.15) is 5.69 Å². The van der Waals surface area contributed by atoms with Crippen LogP contribution in [0, 0.1) is 0 Å². The van der Waals surface area contributed by atoms with Crippen molar-refractivity contribution >= 4 is 5.91 Å². The highest BCUT2D eigenvalue weighted by atomic mass is 16.2. The van der Waals surface area contributed by atoms with Crippen LogP contribution in [0.1, 0.15) is 42.7 Å². The maximum Gasteiger partial charge on any atom is 0.270 e. The molecule has 4 heteroatoms. The zero-order chi connectivity index (χ0) is 13.0. The van der Waals surface area contributed by atoms with Crippen molar-refractivity contribution < 1.29 is 4.79 Å². The molecule has 0 atom stereocenters. The predicted octanol–water partition coefficient (Wildman–Crippen LogP) is 1.89. The highest BCUT2D eigenvalue weighted by Gasteiger charge is 2.21. The number of aromatic nitrogens is 1. The number of carbonyl (C=O) groups is 1. The highest BCUT2D eigenvalue weighted by Crippen LogP contribution is 2.21. The van der Waals surface area contributed by atoms with Gasteiger partial charge in [-0.1, -0.05) is 6.92 Å². The van der Waals surface area contributed by atoms with Crippen LogP contribution in [0.3, 0.4) is 0 Å². The van der Waals surface area contributed by atoms with E-state index in [1.807, 2.05) is 30.3 Å². The fraction of sp³-hybridized carbons (Fsp3) is 0.643. The summed E-state index contributed by atoms with van der Waals surface area (Å²) in [5.41, 5.74) is 0.831. The monoisotopic (exact) mass is 249 g/mol. The van der Waals surface area contributed by atoms with Gasteiger partial charge in [-0.05, 0) is 44.5 Å². The second-order valence-electron chi connectivity index (χ2n) is 5.01. The van der Waals surface area contributed by atoms with Crippen LogP contribution in [0.4, 0.5) is 0 Å². The van der Waals surface area contributed by atoms with E-state index in [1.54, 1.807) is 0 Å². The fourth-order valence-electron chi connectivity index (χ4n) is 2.61. The minimum atomic E-state index is 0.139. The normalized spacial score (nSPS) is 16.8. The predicted molar refractivity (Wildman–Crippen MR) is 72.8 cm³/mol. The molecule has 1 aromatic heterocycles. The van der Waals surface area contributed by atoms with Gasteiger partial charge in [0.15, 0.2) is 0 Å². The molecule has 18 heavy (non-hydrogen) atoms. The first-order chi connectivity index (χ1) is 8.74. The number of hydrogen-bond acceptors (Lipinski definition) is 2. The maximum atomic E-state index is 12.3. The summed E-state index contributed by atoms with van der Waals surface area (Å²) in [4.78, 5) is 14.2. The van der Waals surface area contributed by atoms with E-state index < -0.39 is 0 Å². The molecule has 1 aliphatic heterocycles. The van der Waals surface area contributed by atoms with Gasteiger partial charge in [0.05, 0.1) is 0 Å². The average molecular weight is 249 g/mol. The second-order valence-corrected chi connectivity index (χ2v) is 5.01. The molecule has 0 radical (unpaired) electrons. The Balaban J connectivity index is 2.13. The summed E-state index contributed by atoms with van der Waals surface area (Å²) in [6, 6.07) is 4.39. The van der Waals surface area contributed by atoms with Crippen LogP contribution < -0.4 is 5.32 Å². The van der Waals surface area contributed by atoms with E-state index in [4.69, 9.17) is 0 Å². The van der Waals surface area contributed by atoms with Crippen LogP contribution in [0.15, 0.2) is 18.3 Å². The molecule has 2 heterocycles. The average Bonchev–Trinajstić information content (AvgIpc) is 2.88. The zero-order valence-electron chi connectivity index (χ0n) is 11.4. The Bertz CT molecular complexity index is 393. The van der Waals surface area contributed by atoms with Gasteiger partial charge in [-0.25, -0.2) is 0 Å². The third-order valence-corrected chi connectivity index (χ3v) is 3.61. The molecule has 0 unspecified atom stereocenters. The molecular weight excluding hydrogens is 226 g/mol. The molecule has 1 fully saturated rings. The Hall–Kier alpha value is -1.29. The molecular formula is C14H23N3O. The lowest BCUT2D eigenvalue weighted by Gasteiger charge is -2.27. The Morgan fingerprint density at radius 2 is 2.22 bits per heavy atom. The molecule has 0 aliphatic carbocycles. The molecule has 0 aromatic carbocycles. The maximum absolute atomic E-state index is 12.3. The molecule has 1 saturated heterocycles. The fourth-order valence-corrected chi connectivity index (χ4v) is 2.61. The summed E-state index contributed by atoms with van der Waals surface area (Å²) >= 11 is 0. The smallest absolute Gasteiger partial charge is 0.270 e. The molecule has 2 rings (SSSR count). The molecule has 1 aromatic rings. The van der Waals surface area contributed by atoms with Crippen LogP contribution >= 0.6 is 0 Å². The molecule has 0 bridgehead atoms. The van der Waals surface area contributed by atoms with Crippen molar-refractivity contribution in [2.45, 2.75) is 32.2 Å². The first-order valence-electron chi connectivity index (χ1n) is 6.87. The molecule has 1 amide bonds. The lowest BCUT2D eigenvalue weighted by molar-refractivity contribution is 0.0780. The molecule has 0 spiro atoms. The number of carbonyl (C=O) groups excluding carboxylic acids is 1. The largest absolute Gasteiger partial charge is 0.340 e. The van der Waals surface area contributed by atoms with Crippen molar-refractivity contribution in [1.82, 2.24) is 14.8 Å². The van der Waals surface area contributed by atoms with Gasteiger partial charge in [0.25, 0.3) is 5.91 Å². The van der Waals surface area contributed by atoms with E-state index in [2.05, 4.69) is 16.8 Å². The topological polar surface area (TPSA) is 37.3 Å². The van der Waals surface area contributed by atoms with Crippen molar-refractivity contribution in [2.75, 3.05) is 26.7 Å². The number of hydrogen-bond donors (Lipinski definition) is 1. The second kappa shape index (κ2) is 6.05. The minimum Gasteiger partial charge on any atom is -0.340 e. The van der Waals surface area contributed by atoms with Gasteiger partial charge in [-0.3, -0.25) is 4.79 Å². The van der Waals surface area contributed by atoms with Crippen molar-refractivity contribution in [3.63, 3.8) is 0 Å². The summed E-state index contributed by atoms with van der Waals surface area (Å²) in [5.74, 6) is 0.139. The van der Waals surface area contributed by atoms with Crippen LogP contribution in [0.5, 0.6) is 0 Å². The first-order valence-corrected chi connectivity index (χ1v) is 6.87. The van der Waals surface area contributed by atoms with E-state index in [0.717, 1.165) is 44.6 Å². The number of nitrogens with one attached hydrogen (secondary N) is 1. The van der Waals surface area contributed by atoms with Crippen molar-refractivity contribution in [3.05, 3.63) is 24.0 Å². The van der Waals surface area contributed by atoms with E-state index in [1.165, 1.54) is 0 Å². The summed E-state index contributed by atoms with van der Waals surface area (Å²) in [6.45, 7) is 4.99. The number of amides is 1. The highest BCUT2D eigenvalue weighted by molar-refractivity contribution is 5.92. The van der Waals surface area contributed by atoms with Crippen molar-refractivity contribution in [3.8, 4) is 0 Å². The quantitative estimate of drug-likeness (QED) is 0.885. The number of piperidine rings is 1. The van der Waals surface area contributed by atoms with Crippen molar-refractivity contribution in [2.24, 2.45) is 0 Å². The van der Waals surface area contributed by atoms with E-state index >= 15 is 0 Å². The molecule has 4 nitrogen and oxygen atoms in total. The van der Waals surface area contributed by atoms with Crippen LogP contribution in [0.25, 0.3) is 0 Å². The van der Waals surface area contributed by atoms with Gasteiger partial charge >= 0.3 is 0 Å². The third-order valence-electron chi connectivity index (χ3n) is 3.61. The van der Waals surface area contributed by atoms with E-state index in [0.29, 0.717) is 6.04 Å².